The van der Waals surface area contributed by atoms with Gasteiger partial charge in [-0.3, -0.25) is 14.7 Å². The molecule has 0 N–H and O–H groups in total. The van der Waals surface area contributed by atoms with E-state index >= 15 is 0 Å². The number of rotatable bonds is 7. The number of carbonyl (C=O) groups is 1. The molecule has 5 rings (SSSR count). The Morgan fingerprint density at radius 3 is 2.62 bits per heavy atom. The smallest absolute Gasteiger partial charge is 0.226 e. The van der Waals surface area contributed by atoms with Gasteiger partial charge in [-0.15, -0.1) is 0 Å². The van der Waals surface area contributed by atoms with Gasteiger partial charge < -0.3 is 9.42 Å². The zero-order chi connectivity index (χ0) is 23.3. The van der Waals surface area contributed by atoms with Crippen molar-refractivity contribution in [3.63, 3.8) is 0 Å². The van der Waals surface area contributed by atoms with E-state index in [1.165, 1.54) is 5.56 Å². The first-order valence-corrected chi connectivity index (χ1v) is 11.9. The monoisotopic (exact) mass is 475 g/mol. The molecule has 2 aromatic heterocycles. The number of hydrogen-bond donors (Lipinski definition) is 0. The Morgan fingerprint density at radius 2 is 1.79 bits per heavy atom. The fourth-order valence-electron chi connectivity index (χ4n) is 4.31. The molecule has 0 spiro atoms. The third-order valence-corrected chi connectivity index (χ3v) is 6.44. The maximum absolute atomic E-state index is 12.7. The highest BCUT2D eigenvalue weighted by Gasteiger charge is 2.21. The van der Waals surface area contributed by atoms with Crippen molar-refractivity contribution in [2.75, 3.05) is 26.2 Å². The topological polar surface area (TPSA) is 75.4 Å². The van der Waals surface area contributed by atoms with Crippen LogP contribution in [0.25, 0.3) is 22.3 Å². The predicted octanol–water partition coefficient (Wildman–Crippen LogP) is 4.61. The van der Waals surface area contributed by atoms with Crippen LogP contribution in [-0.2, 0) is 17.8 Å². The van der Waals surface area contributed by atoms with Crippen molar-refractivity contribution >= 4 is 28.4 Å². The minimum Gasteiger partial charge on any atom is -0.340 e. The minimum atomic E-state index is 0.184. The zero-order valence-corrected chi connectivity index (χ0v) is 19.6. The van der Waals surface area contributed by atoms with Gasteiger partial charge in [-0.05, 0) is 42.3 Å². The van der Waals surface area contributed by atoms with Gasteiger partial charge in [0.05, 0.1) is 5.52 Å². The molecule has 174 valence electrons. The average Bonchev–Trinajstić information content (AvgIpc) is 3.34. The molecule has 0 saturated carbocycles. The SMILES string of the molecule is O=C(CCCc1nc(-c2ccc(Cl)cc2)no1)N1CCN(Cc2cccc3cccnc23)CC1. The molecule has 1 fully saturated rings. The van der Waals surface area contributed by atoms with E-state index in [-0.39, 0.29) is 5.91 Å². The highest BCUT2D eigenvalue weighted by atomic mass is 35.5. The summed E-state index contributed by atoms with van der Waals surface area (Å²) in [4.78, 5) is 26.1. The lowest BCUT2D eigenvalue weighted by atomic mass is 10.1. The molecule has 7 nitrogen and oxygen atoms in total. The number of carbonyl (C=O) groups excluding carboxylic acids is 1. The van der Waals surface area contributed by atoms with Gasteiger partial charge in [-0.1, -0.05) is 41.0 Å². The van der Waals surface area contributed by atoms with Gasteiger partial charge >= 0.3 is 0 Å². The summed E-state index contributed by atoms with van der Waals surface area (Å²) in [6.45, 7) is 4.08. The van der Waals surface area contributed by atoms with Gasteiger partial charge in [0.2, 0.25) is 17.6 Å². The fourth-order valence-corrected chi connectivity index (χ4v) is 4.44. The van der Waals surface area contributed by atoms with Gasteiger partial charge in [0.1, 0.15) is 0 Å². The Balaban J connectivity index is 1.07. The van der Waals surface area contributed by atoms with Crippen LogP contribution in [0.15, 0.2) is 65.3 Å². The molecule has 0 bridgehead atoms. The van der Waals surface area contributed by atoms with Crippen molar-refractivity contribution in [1.82, 2.24) is 24.9 Å². The lowest BCUT2D eigenvalue weighted by Gasteiger charge is -2.35. The summed E-state index contributed by atoms with van der Waals surface area (Å²) in [6, 6.07) is 17.7. The number of piperazine rings is 1. The van der Waals surface area contributed by atoms with Crippen molar-refractivity contribution in [1.29, 1.82) is 0 Å². The Kier molecular flexibility index (Phi) is 6.83. The van der Waals surface area contributed by atoms with Gasteiger partial charge in [0.15, 0.2) is 0 Å². The molecule has 0 radical (unpaired) electrons. The van der Waals surface area contributed by atoms with Gasteiger partial charge in [-0.2, -0.15) is 4.98 Å². The third kappa shape index (κ3) is 5.26. The number of aryl methyl sites for hydroxylation is 1. The molecule has 1 saturated heterocycles. The number of amides is 1. The second kappa shape index (κ2) is 10.3. The molecule has 0 atom stereocenters. The molecular weight excluding hydrogens is 450 g/mol. The van der Waals surface area contributed by atoms with Crippen molar-refractivity contribution in [3.8, 4) is 11.4 Å². The molecule has 34 heavy (non-hydrogen) atoms. The summed E-state index contributed by atoms with van der Waals surface area (Å²) in [5, 5.41) is 5.86. The number of nitrogens with zero attached hydrogens (tertiary/aromatic N) is 5. The Morgan fingerprint density at radius 1 is 1.00 bits per heavy atom. The summed E-state index contributed by atoms with van der Waals surface area (Å²) >= 11 is 5.93. The molecular formula is C26H26ClN5O2. The van der Waals surface area contributed by atoms with E-state index in [2.05, 4.69) is 44.3 Å². The van der Waals surface area contributed by atoms with Crippen LogP contribution in [0, 0.1) is 0 Å². The van der Waals surface area contributed by atoms with Crippen LogP contribution in [0.1, 0.15) is 24.3 Å². The number of halogens is 1. The number of para-hydroxylation sites is 1. The first kappa shape index (κ1) is 22.5. The standard InChI is InChI=1S/C26H26ClN5O2/c27-22-11-9-20(10-12-22)26-29-23(34-30-26)7-2-8-24(33)32-16-14-31(15-17-32)18-21-5-1-4-19-6-3-13-28-25(19)21/h1,3-6,9-13H,2,7-8,14-18H2. The lowest BCUT2D eigenvalue weighted by molar-refractivity contribution is -0.133. The summed E-state index contributed by atoms with van der Waals surface area (Å²) in [6.07, 6.45) is 3.59. The quantitative estimate of drug-likeness (QED) is 0.388. The summed E-state index contributed by atoms with van der Waals surface area (Å²) in [5.74, 6) is 1.27. The molecule has 0 unspecified atom stereocenters. The number of hydrogen-bond acceptors (Lipinski definition) is 6. The van der Waals surface area contributed by atoms with E-state index in [0.29, 0.717) is 36.0 Å². The molecule has 1 aliphatic rings. The first-order chi connectivity index (χ1) is 16.7. The molecule has 2 aromatic carbocycles. The highest BCUT2D eigenvalue weighted by Crippen LogP contribution is 2.20. The molecule has 1 amide bonds. The molecule has 3 heterocycles. The maximum Gasteiger partial charge on any atom is 0.226 e. The van der Waals surface area contributed by atoms with E-state index in [1.807, 2.05) is 29.3 Å². The van der Waals surface area contributed by atoms with E-state index in [1.54, 1.807) is 12.1 Å². The number of fused-ring (bicyclic) bond motifs is 1. The summed E-state index contributed by atoms with van der Waals surface area (Å²) in [5.41, 5.74) is 3.15. The second-order valence-electron chi connectivity index (χ2n) is 8.52. The van der Waals surface area contributed by atoms with E-state index in [9.17, 15) is 4.79 Å². The Labute approximate surface area is 203 Å². The van der Waals surface area contributed by atoms with Crippen molar-refractivity contribution < 1.29 is 9.32 Å². The Bertz CT molecular complexity index is 1260. The van der Waals surface area contributed by atoms with Crippen LogP contribution >= 0.6 is 11.6 Å². The second-order valence-corrected chi connectivity index (χ2v) is 8.96. The van der Waals surface area contributed by atoms with Gasteiger partial charge in [-0.25, -0.2) is 0 Å². The van der Waals surface area contributed by atoms with Gasteiger partial charge in [0.25, 0.3) is 0 Å². The number of aromatic nitrogens is 3. The normalized spacial score (nSPS) is 14.6. The van der Waals surface area contributed by atoms with Crippen molar-refractivity contribution in [3.05, 3.63) is 77.3 Å². The largest absolute Gasteiger partial charge is 0.340 e. The number of benzene rings is 2. The van der Waals surface area contributed by atoms with Crippen LogP contribution in [0.3, 0.4) is 0 Å². The van der Waals surface area contributed by atoms with Crippen LogP contribution in [-0.4, -0.2) is 57.0 Å². The van der Waals surface area contributed by atoms with Crippen molar-refractivity contribution in [2.24, 2.45) is 0 Å². The van der Waals surface area contributed by atoms with Crippen LogP contribution < -0.4 is 0 Å². The summed E-state index contributed by atoms with van der Waals surface area (Å²) in [7, 11) is 0. The highest BCUT2D eigenvalue weighted by molar-refractivity contribution is 6.30. The van der Waals surface area contributed by atoms with Crippen LogP contribution in [0.5, 0.6) is 0 Å². The van der Waals surface area contributed by atoms with Crippen LogP contribution in [0.4, 0.5) is 0 Å². The zero-order valence-electron chi connectivity index (χ0n) is 18.9. The number of pyridine rings is 1. The minimum absolute atomic E-state index is 0.184. The lowest BCUT2D eigenvalue weighted by Crippen LogP contribution is -2.48. The maximum atomic E-state index is 12.7. The van der Waals surface area contributed by atoms with Crippen molar-refractivity contribution in [2.45, 2.75) is 25.8 Å². The summed E-state index contributed by atoms with van der Waals surface area (Å²) < 4.78 is 5.35. The average molecular weight is 476 g/mol. The first-order valence-electron chi connectivity index (χ1n) is 11.6. The molecule has 0 aliphatic carbocycles. The predicted molar refractivity (Wildman–Crippen MR) is 131 cm³/mol. The van der Waals surface area contributed by atoms with E-state index in [4.69, 9.17) is 16.1 Å². The molecule has 1 aliphatic heterocycles. The molecule has 4 aromatic rings. The Hall–Kier alpha value is -3.29. The molecule has 8 heteroatoms. The fraction of sp³-hybridized carbons (Fsp3) is 0.308. The third-order valence-electron chi connectivity index (χ3n) is 6.19. The van der Waals surface area contributed by atoms with Gasteiger partial charge in [0, 0.05) is 67.7 Å². The van der Waals surface area contributed by atoms with E-state index < -0.39 is 0 Å². The van der Waals surface area contributed by atoms with E-state index in [0.717, 1.165) is 49.2 Å². The van der Waals surface area contributed by atoms with Crippen LogP contribution in [0.2, 0.25) is 5.02 Å².